The van der Waals surface area contributed by atoms with Crippen molar-refractivity contribution in [3.63, 3.8) is 0 Å². The van der Waals surface area contributed by atoms with Gasteiger partial charge in [-0.1, -0.05) is 20.8 Å². The molecular weight excluding hydrogens is 254 g/mol. The molecule has 1 unspecified atom stereocenters. The summed E-state index contributed by atoms with van der Waals surface area (Å²) in [4.78, 5) is 16.7. The summed E-state index contributed by atoms with van der Waals surface area (Å²) < 4.78 is 5.35. The van der Waals surface area contributed by atoms with Crippen LogP contribution in [0.1, 0.15) is 50.2 Å². The van der Waals surface area contributed by atoms with Gasteiger partial charge in [-0.2, -0.15) is 0 Å². The van der Waals surface area contributed by atoms with Crippen LogP contribution in [-0.2, 0) is 10.2 Å². The number of nitrogen functional groups attached to an aromatic ring is 1. The van der Waals surface area contributed by atoms with Crippen LogP contribution < -0.4 is 11.1 Å². The molecule has 110 valence electrons. The van der Waals surface area contributed by atoms with E-state index in [0.717, 1.165) is 12.1 Å². The summed E-state index contributed by atoms with van der Waals surface area (Å²) in [5.41, 5.74) is 6.74. The van der Waals surface area contributed by atoms with Crippen molar-refractivity contribution >= 4 is 11.7 Å². The van der Waals surface area contributed by atoms with Crippen molar-refractivity contribution in [3.05, 3.63) is 23.4 Å². The number of nitrogens with one attached hydrogen (secondary N) is 1. The summed E-state index contributed by atoms with van der Waals surface area (Å²) >= 11 is 0. The molecule has 1 aromatic heterocycles. The van der Waals surface area contributed by atoms with Gasteiger partial charge < -0.3 is 15.8 Å². The second-order valence-electron chi connectivity index (χ2n) is 6.73. The fourth-order valence-electron chi connectivity index (χ4n) is 2.18. The number of anilines is 1. The minimum atomic E-state index is -0.295. The maximum atomic E-state index is 12.4. The van der Waals surface area contributed by atoms with Crippen molar-refractivity contribution in [1.82, 2.24) is 10.3 Å². The lowest BCUT2D eigenvalue weighted by Crippen LogP contribution is -2.46. The molecule has 0 radical (unpaired) electrons. The molecule has 1 saturated heterocycles. The van der Waals surface area contributed by atoms with Gasteiger partial charge in [0.15, 0.2) is 0 Å². The van der Waals surface area contributed by atoms with Crippen LogP contribution >= 0.6 is 0 Å². The van der Waals surface area contributed by atoms with Gasteiger partial charge in [0.1, 0.15) is 5.82 Å². The van der Waals surface area contributed by atoms with Crippen molar-refractivity contribution in [2.45, 2.75) is 45.1 Å². The standard InChI is InChI=1S/C15H23N3O2/c1-14(2,3)11-7-10(8-12(16)17-11)13(19)18-15(4)5-6-20-9-15/h7-8H,5-6,9H2,1-4H3,(H2,16,17)(H,18,19). The van der Waals surface area contributed by atoms with Crippen LogP contribution in [0.3, 0.4) is 0 Å². The molecule has 2 rings (SSSR count). The van der Waals surface area contributed by atoms with Crippen LogP contribution in [0, 0.1) is 0 Å². The van der Waals surface area contributed by atoms with E-state index in [1.165, 1.54) is 0 Å². The van der Waals surface area contributed by atoms with Crippen molar-refractivity contribution in [1.29, 1.82) is 0 Å². The molecule has 1 amide bonds. The first kappa shape index (κ1) is 14.8. The van der Waals surface area contributed by atoms with E-state index in [1.54, 1.807) is 6.07 Å². The molecule has 1 aliphatic rings. The normalized spacial score (nSPS) is 22.8. The number of pyridine rings is 1. The van der Waals surface area contributed by atoms with Crippen molar-refractivity contribution in [2.75, 3.05) is 18.9 Å². The summed E-state index contributed by atoms with van der Waals surface area (Å²) in [6, 6.07) is 3.43. The highest BCUT2D eigenvalue weighted by Crippen LogP contribution is 2.23. The number of nitrogens with two attached hydrogens (primary N) is 1. The Bertz CT molecular complexity index is 514. The SMILES string of the molecule is CC1(NC(=O)c2cc(N)nc(C(C)(C)C)c2)CCOC1. The lowest BCUT2D eigenvalue weighted by atomic mass is 9.90. The average molecular weight is 277 g/mol. The van der Waals surface area contributed by atoms with Gasteiger partial charge >= 0.3 is 0 Å². The number of carbonyl (C=O) groups is 1. The molecular formula is C15H23N3O2. The fourth-order valence-corrected chi connectivity index (χ4v) is 2.18. The number of nitrogens with zero attached hydrogens (tertiary/aromatic N) is 1. The Labute approximate surface area is 119 Å². The second-order valence-corrected chi connectivity index (χ2v) is 6.73. The van der Waals surface area contributed by atoms with Crippen LogP contribution in [0.4, 0.5) is 5.82 Å². The van der Waals surface area contributed by atoms with Gasteiger partial charge in [0, 0.05) is 23.3 Å². The summed E-state index contributed by atoms with van der Waals surface area (Å²) in [6.45, 7) is 9.36. The van der Waals surface area contributed by atoms with Gasteiger partial charge in [-0.15, -0.1) is 0 Å². The minimum Gasteiger partial charge on any atom is -0.384 e. The van der Waals surface area contributed by atoms with E-state index in [9.17, 15) is 4.79 Å². The van der Waals surface area contributed by atoms with Crippen molar-refractivity contribution < 1.29 is 9.53 Å². The Morgan fingerprint density at radius 2 is 2.15 bits per heavy atom. The zero-order chi connectivity index (χ0) is 15.0. The Morgan fingerprint density at radius 1 is 1.45 bits per heavy atom. The zero-order valence-corrected chi connectivity index (χ0v) is 12.6. The minimum absolute atomic E-state index is 0.127. The van der Waals surface area contributed by atoms with E-state index in [0.29, 0.717) is 24.6 Å². The van der Waals surface area contributed by atoms with E-state index < -0.39 is 0 Å². The molecule has 0 spiro atoms. The van der Waals surface area contributed by atoms with Gasteiger partial charge in [-0.05, 0) is 25.5 Å². The average Bonchev–Trinajstić information content (AvgIpc) is 2.73. The molecule has 20 heavy (non-hydrogen) atoms. The largest absolute Gasteiger partial charge is 0.384 e. The lowest BCUT2D eigenvalue weighted by molar-refractivity contribution is 0.0889. The summed E-state index contributed by atoms with van der Waals surface area (Å²) in [6.07, 6.45) is 0.825. The van der Waals surface area contributed by atoms with Gasteiger partial charge in [-0.25, -0.2) is 4.98 Å². The van der Waals surface area contributed by atoms with Crippen LogP contribution in [0.25, 0.3) is 0 Å². The Hall–Kier alpha value is -1.62. The number of carbonyl (C=O) groups excluding carboxylic acids is 1. The maximum absolute atomic E-state index is 12.4. The molecule has 2 heterocycles. The highest BCUT2D eigenvalue weighted by Gasteiger charge is 2.32. The maximum Gasteiger partial charge on any atom is 0.251 e. The number of hydrogen-bond donors (Lipinski definition) is 2. The Kier molecular flexibility index (Phi) is 3.73. The fraction of sp³-hybridized carbons (Fsp3) is 0.600. The van der Waals surface area contributed by atoms with Crippen molar-refractivity contribution in [3.8, 4) is 0 Å². The number of aromatic nitrogens is 1. The first-order valence-corrected chi connectivity index (χ1v) is 6.88. The molecule has 3 N–H and O–H groups in total. The first-order chi connectivity index (χ1) is 9.20. The monoisotopic (exact) mass is 277 g/mol. The van der Waals surface area contributed by atoms with Crippen LogP contribution in [0.15, 0.2) is 12.1 Å². The molecule has 1 aromatic rings. The number of ether oxygens (including phenoxy) is 1. The van der Waals surface area contributed by atoms with E-state index in [2.05, 4.69) is 10.3 Å². The third-order valence-corrected chi connectivity index (χ3v) is 3.51. The van der Waals surface area contributed by atoms with E-state index in [-0.39, 0.29) is 16.9 Å². The third kappa shape index (κ3) is 3.28. The number of rotatable bonds is 2. The molecule has 0 aliphatic carbocycles. The smallest absolute Gasteiger partial charge is 0.251 e. The summed E-state index contributed by atoms with van der Waals surface area (Å²) in [5, 5.41) is 3.03. The second kappa shape index (κ2) is 5.05. The first-order valence-electron chi connectivity index (χ1n) is 6.88. The molecule has 0 bridgehead atoms. The van der Waals surface area contributed by atoms with Crippen LogP contribution in [0.2, 0.25) is 0 Å². The van der Waals surface area contributed by atoms with Gasteiger partial charge in [0.05, 0.1) is 12.1 Å². The van der Waals surface area contributed by atoms with Crippen molar-refractivity contribution in [2.24, 2.45) is 0 Å². The highest BCUT2D eigenvalue weighted by atomic mass is 16.5. The van der Waals surface area contributed by atoms with E-state index in [4.69, 9.17) is 10.5 Å². The number of hydrogen-bond acceptors (Lipinski definition) is 4. The predicted molar refractivity (Wildman–Crippen MR) is 78.7 cm³/mol. The molecule has 0 saturated carbocycles. The summed E-state index contributed by atoms with van der Waals surface area (Å²) in [5.74, 6) is 0.244. The van der Waals surface area contributed by atoms with Crippen LogP contribution in [0.5, 0.6) is 0 Å². The van der Waals surface area contributed by atoms with Gasteiger partial charge in [-0.3, -0.25) is 4.79 Å². The summed E-state index contributed by atoms with van der Waals surface area (Å²) in [7, 11) is 0. The Morgan fingerprint density at radius 3 is 2.70 bits per heavy atom. The molecule has 5 heteroatoms. The topological polar surface area (TPSA) is 77.2 Å². The van der Waals surface area contributed by atoms with Gasteiger partial charge in [0.2, 0.25) is 0 Å². The van der Waals surface area contributed by atoms with E-state index in [1.807, 2.05) is 33.8 Å². The molecule has 1 atom stereocenters. The highest BCUT2D eigenvalue weighted by molar-refractivity contribution is 5.95. The lowest BCUT2D eigenvalue weighted by Gasteiger charge is -2.24. The zero-order valence-electron chi connectivity index (χ0n) is 12.6. The Balaban J connectivity index is 2.24. The van der Waals surface area contributed by atoms with Crippen LogP contribution in [-0.4, -0.2) is 29.6 Å². The van der Waals surface area contributed by atoms with Gasteiger partial charge in [0.25, 0.3) is 5.91 Å². The molecule has 1 aliphatic heterocycles. The quantitative estimate of drug-likeness (QED) is 0.865. The molecule has 5 nitrogen and oxygen atoms in total. The van der Waals surface area contributed by atoms with E-state index >= 15 is 0 Å². The third-order valence-electron chi connectivity index (χ3n) is 3.51. The molecule has 0 aromatic carbocycles. The number of amides is 1. The molecule has 1 fully saturated rings. The predicted octanol–water partition coefficient (Wildman–Crippen LogP) is 1.87.